The van der Waals surface area contributed by atoms with E-state index in [1.54, 1.807) is 18.8 Å². The third-order valence-electron chi connectivity index (χ3n) is 2.55. The lowest BCUT2D eigenvalue weighted by atomic mass is 10.2. The van der Waals surface area contributed by atoms with Gasteiger partial charge in [0.05, 0.1) is 17.9 Å². The first-order valence-corrected chi connectivity index (χ1v) is 5.72. The number of anilines is 2. The van der Waals surface area contributed by atoms with E-state index in [1.165, 1.54) is 4.90 Å². The normalized spacial score (nSPS) is 10.4. The van der Waals surface area contributed by atoms with E-state index in [0.717, 1.165) is 18.5 Å². The number of hydrogen-bond acceptors (Lipinski definition) is 4. The van der Waals surface area contributed by atoms with Crippen molar-refractivity contribution in [3.05, 3.63) is 5.69 Å². The zero-order chi connectivity index (χ0) is 13.0. The number of rotatable bonds is 5. The second kappa shape index (κ2) is 5.56. The summed E-state index contributed by atoms with van der Waals surface area (Å²) in [6.07, 6.45) is 1.85. The summed E-state index contributed by atoms with van der Waals surface area (Å²) in [6.45, 7) is 2.30. The number of nitrogens with one attached hydrogen (secondary N) is 1. The highest BCUT2D eigenvalue weighted by Crippen LogP contribution is 2.22. The zero-order valence-corrected chi connectivity index (χ0v) is 10.9. The fourth-order valence-electron chi connectivity index (χ4n) is 1.54. The molecule has 1 heterocycles. The Balaban J connectivity index is 2.74. The van der Waals surface area contributed by atoms with Gasteiger partial charge in [-0.15, -0.1) is 0 Å². The van der Waals surface area contributed by atoms with E-state index in [1.807, 2.05) is 7.05 Å². The molecule has 0 saturated carbocycles. The van der Waals surface area contributed by atoms with Gasteiger partial charge in [0.15, 0.2) is 0 Å². The quantitative estimate of drug-likeness (QED) is 0.782. The van der Waals surface area contributed by atoms with E-state index >= 15 is 0 Å². The van der Waals surface area contributed by atoms with Crippen molar-refractivity contribution in [1.29, 1.82) is 0 Å². The van der Waals surface area contributed by atoms with Crippen LogP contribution in [0.15, 0.2) is 0 Å². The Morgan fingerprint density at radius 3 is 2.71 bits per heavy atom. The molecule has 0 bridgehead atoms. The van der Waals surface area contributed by atoms with Crippen molar-refractivity contribution in [1.82, 2.24) is 14.7 Å². The van der Waals surface area contributed by atoms with E-state index in [0.29, 0.717) is 11.5 Å². The fraction of sp³-hybridized carbons (Fsp3) is 0.636. The Hall–Kier alpha value is -1.72. The van der Waals surface area contributed by atoms with Gasteiger partial charge in [0.25, 0.3) is 0 Å². The van der Waals surface area contributed by atoms with Crippen LogP contribution in [0.2, 0.25) is 0 Å². The molecule has 1 aromatic heterocycles. The van der Waals surface area contributed by atoms with E-state index in [9.17, 15) is 4.79 Å². The second-order valence-electron chi connectivity index (χ2n) is 4.22. The summed E-state index contributed by atoms with van der Waals surface area (Å²) in [6, 6.07) is 0. The Labute approximate surface area is 102 Å². The van der Waals surface area contributed by atoms with Crippen molar-refractivity contribution in [3.8, 4) is 0 Å². The topological polar surface area (TPSA) is 76.2 Å². The first-order valence-electron chi connectivity index (χ1n) is 5.72. The molecule has 0 aliphatic rings. The number of aromatic nitrogens is 2. The number of nitrogens with zero attached hydrogens (tertiary/aromatic N) is 3. The summed E-state index contributed by atoms with van der Waals surface area (Å²) in [5.41, 5.74) is 7.51. The number of carbonyl (C=O) groups is 1. The molecule has 0 aliphatic carbocycles. The monoisotopic (exact) mass is 239 g/mol. The molecule has 0 saturated heterocycles. The van der Waals surface area contributed by atoms with Crippen LogP contribution in [0.3, 0.4) is 0 Å². The summed E-state index contributed by atoms with van der Waals surface area (Å²) in [4.78, 5) is 13.0. The summed E-state index contributed by atoms with van der Waals surface area (Å²) < 4.78 is 1.68. The van der Waals surface area contributed by atoms with Gasteiger partial charge in [0.2, 0.25) is 5.91 Å². The van der Waals surface area contributed by atoms with Gasteiger partial charge in [-0.05, 0) is 6.42 Å². The molecule has 3 N–H and O–H groups in total. The zero-order valence-electron chi connectivity index (χ0n) is 10.9. The maximum absolute atomic E-state index is 11.5. The molecule has 0 radical (unpaired) electrons. The Morgan fingerprint density at radius 1 is 1.53 bits per heavy atom. The smallest absolute Gasteiger partial charge is 0.241 e. The second-order valence-corrected chi connectivity index (χ2v) is 4.22. The lowest BCUT2D eigenvalue weighted by Crippen LogP contribution is -2.29. The average Bonchev–Trinajstić information content (AvgIpc) is 2.52. The molecule has 0 aliphatic heterocycles. The molecule has 0 aromatic carbocycles. The van der Waals surface area contributed by atoms with Gasteiger partial charge >= 0.3 is 0 Å². The lowest BCUT2D eigenvalue weighted by molar-refractivity contribution is -0.126. The highest BCUT2D eigenvalue weighted by atomic mass is 16.2. The van der Waals surface area contributed by atoms with Gasteiger partial charge in [-0.3, -0.25) is 9.48 Å². The molecular weight excluding hydrogens is 218 g/mol. The number of amides is 1. The van der Waals surface area contributed by atoms with Crippen LogP contribution in [0.1, 0.15) is 19.0 Å². The van der Waals surface area contributed by atoms with Crippen LogP contribution in [0.25, 0.3) is 0 Å². The maximum Gasteiger partial charge on any atom is 0.241 e. The molecule has 1 amide bonds. The van der Waals surface area contributed by atoms with E-state index in [2.05, 4.69) is 17.3 Å². The number of likely N-dealkylation sites (N-methyl/N-ethyl adjacent to an activating group) is 1. The highest BCUT2D eigenvalue weighted by Gasteiger charge is 2.13. The average molecular weight is 239 g/mol. The van der Waals surface area contributed by atoms with Crippen LogP contribution in [0.4, 0.5) is 11.5 Å². The standard InChI is InChI=1S/C11H21N5O/c1-5-6-8-10(12)11(16(4)14-8)13-7-9(17)15(2)3/h13H,5-7,12H2,1-4H3. The number of nitrogens with two attached hydrogens (primary N) is 1. The van der Waals surface area contributed by atoms with Gasteiger partial charge in [-0.25, -0.2) is 0 Å². The molecule has 0 fully saturated rings. The molecule has 1 rings (SSSR count). The largest absolute Gasteiger partial charge is 0.394 e. The Kier molecular flexibility index (Phi) is 4.37. The van der Waals surface area contributed by atoms with Crippen LogP contribution < -0.4 is 11.1 Å². The minimum atomic E-state index is 0.00245. The van der Waals surface area contributed by atoms with Crippen molar-refractivity contribution >= 4 is 17.4 Å². The molecule has 1 aromatic rings. The van der Waals surface area contributed by atoms with Crippen molar-refractivity contribution in [2.75, 3.05) is 31.7 Å². The van der Waals surface area contributed by atoms with Crippen LogP contribution >= 0.6 is 0 Å². The maximum atomic E-state index is 11.5. The molecule has 0 spiro atoms. The first-order chi connectivity index (χ1) is 7.97. The summed E-state index contributed by atoms with van der Waals surface area (Å²) in [7, 11) is 5.26. The van der Waals surface area contributed by atoms with Crippen LogP contribution in [0, 0.1) is 0 Å². The highest BCUT2D eigenvalue weighted by molar-refractivity contribution is 5.81. The minimum Gasteiger partial charge on any atom is -0.394 e. The third kappa shape index (κ3) is 3.12. The van der Waals surface area contributed by atoms with Crippen LogP contribution in [0.5, 0.6) is 0 Å². The molecule has 6 heteroatoms. The minimum absolute atomic E-state index is 0.00245. The van der Waals surface area contributed by atoms with Crippen LogP contribution in [-0.2, 0) is 18.3 Å². The van der Waals surface area contributed by atoms with Crippen molar-refractivity contribution in [2.24, 2.45) is 7.05 Å². The Morgan fingerprint density at radius 2 is 2.18 bits per heavy atom. The molecule has 0 unspecified atom stereocenters. The predicted molar refractivity (Wildman–Crippen MR) is 68.8 cm³/mol. The van der Waals surface area contributed by atoms with E-state index < -0.39 is 0 Å². The summed E-state index contributed by atoms with van der Waals surface area (Å²) in [5.74, 6) is 0.714. The molecule has 0 atom stereocenters. The fourth-order valence-corrected chi connectivity index (χ4v) is 1.54. The lowest BCUT2D eigenvalue weighted by Gasteiger charge is -2.12. The van der Waals surface area contributed by atoms with E-state index in [-0.39, 0.29) is 12.5 Å². The van der Waals surface area contributed by atoms with Crippen molar-refractivity contribution in [2.45, 2.75) is 19.8 Å². The molecular formula is C11H21N5O. The van der Waals surface area contributed by atoms with Crippen molar-refractivity contribution < 1.29 is 4.79 Å². The number of hydrogen-bond donors (Lipinski definition) is 2. The molecule has 6 nitrogen and oxygen atoms in total. The van der Waals surface area contributed by atoms with Gasteiger partial charge in [0, 0.05) is 21.1 Å². The summed E-state index contributed by atoms with van der Waals surface area (Å²) in [5, 5.41) is 7.35. The van der Waals surface area contributed by atoms with Gasteiger partial charge in [-0.2, -0.15) is 5.10 Å². The number of carbonyl (C=O) groups excluding carboxylic acids is 1. The van der Waals surface area contributed by atoms with Gasteiger partial charge in [0.1, 0.15) is 5.82 Å². The van der Waals surface area contributed by atoms with Crippen LogP contribution in [-0.4, -0.2) is 41.2 Å². The van der Waals surface area contributed by atoms with Gasteiger partial charge in [-0.1, -0.05) is 13.3 Å². The number of nitrogen functional groups attached to an aromatic ring is 1. The van der Waals surface area contributed by atoms with E-state index in [4.69, 9.17) is 5.73 Å². The first kappa shape index (κ1) is 13.3. The third-order valence-corrected chi connectivity index (χ3v) is 2.55. The Bertz CT molecular complexity index is 397. The number of aryl methyl sites for hydroxylation is 2. The predicted octanol–water partition coefficient (Wildman–Crippen LogP) is 0.455. The molecule has 17 heavy (non-hydrogen) atoms. The van der Waals surface area contributed by atoms with Gasteiger partial charge < -0.3 is 16.0 Å². The molecule has 96 valence electrons. The van der Waals surface area contributed by atoms with Crippen molar-refractivity contribution in [3.63, 3.8) is 0 Å². The summed E-state index contributed by atoms with van der Waals surface area (Å²) >= 11 is 0. The SMILES string of the molecule is CCCc1nn(C)c(NCC(=O)N(C)C)c1N.